The Balaban J connectivity index is 2.16. The maximum atomic E-state index is 12.7. The van der Waals surface area contributed by atoms with E-state index in [1.807, 2.05) is 0 Å². The molecule has 2 N–H and O–H groups in total. The van der Waals surface area contributed by atoms with Gasteiger partial charge in [-0.3, -0.25) is 9.59 Å². The minimum Gasteiger partial charge on any atom is -0.496 e. The van der Waals surface area contributed by atoms with Crippen molar-refractivity contribution in [2.24, 2.45) is 5.92 Å². The van der Waals surface area contributed by atoms with Crippen LogP contribution in [0.1, 0.15) is 23.1 Å². The van der Waals surface area contributed by atoms with E-state index in [1.54, 1.807) is 48.6 Å². The Morgan fingerprint density at radius 3 is 1.84 bits per heavy atom. The number of hydrogen-bond donors (Lipinski definition) is 2. The molecule has 0 fully saturated rings. The molecule has 1 unspecified atom stereocenters. The van der Waals surface area contributed by atoms with Gasteiger partial charge in [0.25, 0.3) is 0 Å². The van der Waals surface area contributed by atoms with Gasteiger partial charge < -0.3 is 24.4 Å². The molecular weight excluding hydrogens is 412 g/mol. The molecule has 170 valence electrons. The first-order valence-corrected chi connectivity index (χ1v) is 10.0. The summed E-state index contributed by atoms with van der Waals surface area (Å²) >= 11 is 0. The minimum atomic E-state index is -0.997. The van der Waals surface area contributed by atoms with E-state index in [-0.39, 0.29) is 19.6 Å². The summed E-state index contributed by atoms with van der Waals surface area (Å²) in [7, 11) is 4.56. The fourth-order valence-corrected chi connectivity index (χ4v) is 3.13. The fraction of sp³-hybridized carbons (Fsp3) is 0.280. The lowest BCUT2D eigenvalue weighted by Gasteiger charge is -2.10. The van der Waals surface area contributed by atoms with E-state index in [0.717, 1.165) is 0 Å². The van der Waals surface area contributed by atoms with Gasteiger partial charge in [0.15, 0.2) is 23.1 Å². The van der Waals surface area contributed by atoms with Gasteiger partial charge in [-0.05, 0) is 54.0 Å². The average molecular weight is 440 g/mol. The zero-order valence-corrected chi connectivity index (χ0v) is 18.4. The molecule has 7 heteroatoms. The number of aliphatic hydroxyl groups excluding tert-OH is 2. The third-order valence-corrected chi connectivity index (χ3v) is 4.87. The number of hydrogen-bond acceptors (Lipinski definition) is 7. The Morgan fingerprint density at radius 1 is 0.812 bits per heavy atom. The molecule has 0 aromatic heterocycles. The summed E-state index contributed by atoms with van der Waals surface area (Å²) in [5.41, 5.74) is 1.97. The van der Waals surface area contributed by atoms with Gasteiger partial charge in [0.2, 0.25) is 0 Å². The van der Waals surface area contributed by atoms with Crippen molar-refractivity contribution >= 4 is 23.7 Å². The number of rotatable bonds is 12. The first kappa shape index (κ1) is 24.8. The average Bonchev–Trinajstić information content (AvgIpc) is 2.83. The topological polar surface area (TPSA) is 102 Å². The van der Waals surface area contributed by atoms with E-state index in [2.05, 4.69) is 0 Å². The van der Waals surface area contributed by atoms with Crippen molar-refractivity contribution in [1.29, 1.82) is 0 Å². The van der Waals surface area contributed by atoms with E-state index in [9.17, 15) is 19.8 Å². The first-order chi connectivity index (χ1) is 15.5. The number of ketones is 2. The second-order valence-corrected chi connectivity index (χ2v) is 6.88. The Morgan fingerprint density at radius 2 is 1.34 bits per heavy atom. The molecule has 0 saturated heterocycles. The van der Waals surface area contributed by atoms with E-state index >= 15 is 0 Å². The Bertz CT molecular complexity index is 914. The number of ether oxygens (including phenoxy) is 3. The van der Waals surface area contributed by atoms with Crippen LogP contribution < -0.4 is 14.2 Å². The molecule has 1 atom stereocenters. The molecule has 7 nitrogen and oxygen atoms in total. The van der Waals surface area contributed by atoms with Crippen LogP contribution in [-0.2, 0) is 16.2 Å². The lowest BCUT2D eigenvalue weighted by atomic mass is 9.94. The molecular formula is C25H28O7. The van der Waals surface area contributed by atoms with E-state index < -0.39 is 17.5 Å². The summed E-state index contributed by atoms with van der Waals surface area (Å²) in [6.07, 6.45) is 5.80. The van der Waals surface area contributed by atoms with Crippen molar-refractivity contribution in [3.8, 4) is 17.2 Å². The van der Waals surface area contributed by atoms with Crippen LogP contribution in [0.3, 0.4) is 0 Å². The van der Waals surface area contributed by atoms with Crippen LogP contribution >= 0.6 is 0 Å². The Hall–Kier alpha value is -3.42. The van der Waals surface area contributed by atoms with Gasteiger partial charge in [-0.2, -0.15) is 0 Å². The maximum Gasteiger partial charge on any atom is 0.166 e. The SMILES string of the molecule is COc1ccc(/C=C/C(=O)C(CCO)C(=O)/C=C/c2ccc(OC)c(OC)c2)cc1CO. The summed E-state index contributed by atoms with van der Waals surface area (Å²) < 4.78 is 15.6. The minimum absolute atomic E-state index is 0.0166. The normalized spacial score (nSPS) is 12.2. The van der Waals surface area contributed by atoms with Crippen LogP contribution in [0.25, 0.3) is 12.2 Å². The quantitative estimate of drug-likeness (QED) is 0.386. The molecule has 0 aliphatic heterocycles. The smallest absolute Gasteiger partial charge is 0.166 e. The highest BCUT2D eigenvalue weighted by atomic mass is 16.5. The van der Waals surface area contributed by atoms with Crippen LogP contribution in [0.15, 0.2) is 48.6 Å². The van der Waals surface area contributed by atoms with E-state index in [0.29, 0.717) is 33.9 Å². The summed E-state index contributed by atoms with van der Waals surface area (Å²) in [5, 5.41) is 18.8. The number of methoxy groups -OCH3 is 3. The third-order valence-electron chi connectivity index (χ3n) is 4.87. The number of allylic oxidation sites excluding steroid dienone is 2. The highest BCUT2D eigenvalue weighted by molar-refractivity contribution is 6.13. The van der Waals surface area contributed by atoms with Gasteiger partial charge in [-0.15, -0.1) is 0 Å². The number of carbonyl (C=O) groups excluding carboxylic acids is 2. The van der Waals surface area contributed by atoms with Crippen LogP contribution in [0, 0.1) is 5.92 Å². The standard InChI is InChI=1S/C25H28O7/c1-30-23-10-6-17(14-19(23)16-27)4-8-21(28)20(12-13-26)22(29)9-5-18-7-11-24(31-2)25(15-18)32-3/h4-11,14-15,20,26-27H,12-13,16H2,1-3H3/b8-4+,9-5+. The second-order valence-electron chi connectivity index (χ2n) is 6.88. The highest BCUT2D eigenvalue weighted by Crippen LogP contribution is 2.28. The van der Waals surface area contributed by atoms with Crippen molar-refractivity contribution in [1.82, 2.24) is 0 Å². The van der Waals surface area contributed by atoms with Crippen LogP contribution in [0.4, 0.5) is 0 Å². The monoisotopic (exact) mass is 440 g/mol. The molecule has 0 heterocycles. The van der Waals surface area contributed by atoms with Crippen molar-refractivity contribution in [3.63, 3.8) is 0 Å². The van der Waals surface area contributed by atoms with Gasteiger partial charge in [-0.25, -0.2) is 0 Å². The number of carbonyl (C=O) groups is 2. The molecule has 2 aromatic rings. The molecule has 0 aliphatic carbocycles. The maximum absolute atomic E-state index is 12.7. The largest absolute Gasteiger partial charge is 0.496 e. The lowest BCUT2D eigenvalue weighted by molar-refractivity contribution is -0.128. The molecule has 0 amide bonds. The van der Waals surface area contributed by atoms with Gasteiger partial charge in [0.05, 0.1) is 33.9 Å². The molecule has 32 heavy (non-hydrogen) atoms. The molecule has 0 bridgehead atoms. The lowest BCUT2D eigenvalue weighted by Crippen LogP contribution is -2.22. The van der Waals surface area contributed by atoms with E-state index in [4.69, 9.17) is 14.2 Å². The second kappa shape index (κ2) is 12.4. The predicted octanol–water partition coefficient (Wildman–Crippen LogP) is 3.07. The van der Waals surface area contributed by atoms with Crippen molar-refractivity contribution in [2.45, 2.75) is 13.0 Å². The summed E-state index contributed by atoms with van der Waals surface area (Å²) in [6.45, 7) is -0.497. The van der Waals surface area contributed by atoms with Crippen LogP contribution in [-0.4, -0.2) is 49.7 Å². The molecule has 0 saturated carbocycles. The summed E-state index contributed by atoms with van der Waals surface area (Å²) in [4.78, 5) is 25.3. The molecule has 0 spiro atoms. The summed E-state index contributed by atoms with van der Waals surface area (Å²) in [5.74, 6) is -0.184. The first-order valence-electron chi connectivity index (χ1n) is 10.0. The number of aliphatic hydroxyl groups is 2. The molecule has 0 aliphatic rings. The van der Waals surface area contributed by atoms with Gasteiger partial charge in [0.1, 0.15) is 5.75 Å². The van der Waals surface area contributed by atoms with Crippen LogP contribution in [0.5, 0.6) is 17.2 Å². The molecule has 0 radical (unpaired) electrons. The van der Waals surface area contributed by atoms with Crippen molar-refractivity contribution in [2.75, 3.05) is 27.9 Å². The third kappa shape index (κ3) is 6.54. The summed E-state index contributed by atoms with van der Waals surface area (Å²) in [6, 6.07) is 10.3. The molecule has 2 aromatic carbocycles. The fourth-order valence-electron chi connectivity index (χ4n) is 3.13. The van der Waals surface area contributed by atoms with Gasteiger partial charge >= 0.3 is 0 Å². The van der Waals surface area contributed by atoms with E-state index in [1.165, 1.54) is 33.5 Å². The molecule has 2 rings (SSSR count). The zero-order valence-electron chi connectivity index (χ0n) is 18.4. The van der Waals surface area contributed by atoms with Gasteiger partial charge in [-0.1, -0.05) is 24.3 Å². The zero-order chi connectivity index (χ0) is 23.5. The van der Waals surface area contributed by atoms with Crippen molar-refractivity contribution in [3.05, 3.63) is 65.2 Å². The predicted molar refractivity (Wildman–Crippen MR) is 122 cm³/mol. The Labute approximate surface area is 187 Å². The van der Waals surface area contributed by atoms with Crippen molar-refractivity contribution < 1.29 is 34.0 Å². The van der Waals surface area contributed by atoms with Crippen LogP contribution in [0.2, 0.25) is 0 Å². The number of benzene rings is 2. The Kier molecular flexibility index (Phi) is 9.66. The van der Waals surface area contributed by atoms with Gasteiger partial charge in [0, 0.05) is 12.2 Å². The highest BCUT2D eigenvalue weighted by Gasteiger charge is 2.22.